The van der Waals surface area contributed by atoms with Crippen molar-refractivity contribution >= 4 is 34.1 Å². The van der Waals surface area contributed by atoms with E-state index in [1.165, 1.54) is 11.3 Å². The summed E-state index contributed by atoms with van der Waals surface area (Å²) in [5.74, 6) is -0.697. The number of aromatic nitrogens is 2. The minimum atomic E-state index is -0.371. The van der Waals surface area contributed by atoms with Gasteiger partial charge in [0.15, 0.2) is 0 Å². The molecule has 134 valence electrons. The Labute approximate surface area is 159 Å². The minimum Gasteiger partial charge on any atom is -0.360 e. The van der Waals surface area contributed by atoms with E-state index in [0.29, 0.717) is 11.3 Å². The van der Waals surface area contributed by atoms with Crippen molar-refractivity contribution in [3.8, 4) is 10.6 Å². The Hall–Kier alpha value is -3.45. The summed E-state index contributed by atoms with van der Waals surface area (Å²) in [6, 6.07) is 17.3. The van der Waals surface area contributed by atoms with Gasteiger partial charge in [0.1, 0.15) is 5.01 Å². The summed E-state index contributed by atoms with van der Waals surface area (Å²) in [6.45, 7) is 0. The Kier molecular flexibility index (Phi) is 4.67. The molecule has 0 fully saturated rings. The number of fused-ring (bicyclic) bond motifs is 1. The number of carbonyl (C=O) groups is 2. The number of hydrogen-bond donors (Lipinski definition) is 3. The predicted molar refractivity (Wildman–Crippen MR) is 105 cm³/mol. The van der Waals surface area contributed by atoms with Crippen molar-refractivity contribution in [2.24, 2.45) is 0 Å². The second-order valence-electron chi connectivity index (χ2n) is 5.94. The average molecular weight is 376 g/mol. The summed E-state index contributed by atoms with van der Waals surface area (Å²) in [4.78, 5) is 31.9. The van der Waals surface area contributed by atoms with Crippen molar-refractivity contribution in [3.05, 3.63) is 77.4 Å². The number of amides is 2. The summed E-state index contributed by atoms with van der Waals surface area (Å²) in [5, 5.41) is 3.51. The minimum absolute atomic E-state index is 0.0947. The van der Waals surface area contributed by atoms with Gasteiger partial charge < -0.3 is 4.98 Å². The number of hydrazine groups is 1. The smallest absolute Gasteiger partial charge is 0.271 e. The maximum atomic E-state index is 12.3. The van der Waals surface area contributed by atoms with E-state index in [2.05, 4.69) is 20.8 Å². The van der Waals surface area contributed by atoms with Gasteiger partial charge in [-0.15, -0.1) is 11.3 Å². The summed E-state index contributed by atoms with van der Waals surface area (Å²) in [6.07, 6.45) is 1.72. The molecular weight excluding hydrogens is 360 g/mol. The highest BCUT2D eigenvalue weighted by Crippen LogP contribution is 2.23. The third kappa shape index (κ3) is 3.73. The molecule has 2 aromatic carbocycles. The molecule has 0 saturated heterocycles. The topological polar surface area (TPSA) is 86.9 Å². The molecule has 0 bridgehead atoms. The van der Waals surface area contributed by atoms with Crippen LogP contribution in [0.1, 0.15) is 16.1 Å². The van der Waals surface area contributed by atoms with Crippen LogP contribution in [0.15, 0.2) is 66.2 Å². The zero-order valence-corrected chi connectivity index (χ0v) is 15.0. The summed E-state index contributed by atoms with van der Waals surface area (Å²) in [7, 11) is 0. The number of aromatic amines is 1. The third-order valence-electron chi connectivity index (χ3n) is 4.06. The first-order chi connectivity index (χ1) is 13.2. The average Bonchev–Trinajstić information content (AvgIpc) is 3.34. The van der Waals surface area contributed by atoms with Crippen LogP contribution in [0.5, 0.6) is 0 Å². The fourth-order valence-corrected chi connectivity index (χ4v) is 3.59. The Morgan fingerprint density at radius 2 is 1.78 bits per heavy atom. The van der Waals surface area contributed by atoms with Gasteiger partial charge in [-0.2, -0.15) is 0 Å². The highest BCUT2D eigenvalue weighted by atomic mass is 32.1. The third-order valence-corrected chi connectivity index (χ3v) is 5.00. The van der Waals surface area contributed by atoms with Gasteiger partial charge >= 0.3 is 0 Å². The molecule has 0 aliphatic carbocycles. The van der Waals surface area contributed by atoms with Crippen LogP contribution in [0.2, 0.25) is 0 Å². The van der Waals surface area contributed by atoms with Crippen LogP contribution in [0.4, 0.5) is 0 Å². The van der Waals surface area contributed by atoms with E-state index in [-0.39, 0.29) is 18.2 Å². The molecule has 0 aliphatic heterocycles. The summed E-state index contributed by atoms with van der Waals surface area (Å²) < 4.78 is 0. The molecule has 4 aromatic rings. The zero-order valence-electron chi connectivity index (χ0n) is 14.2. The van der Waals surface area contributed by atoms with Crippen molar-refractivity contribution in [1.82, 2.24) is 20.8 Å². The second-order valence-corrected chi connectivity index (χ2v) is 6.80. The Morgan fingerprint density at radius 1 is 1.00 bits per heavy atom. The molecule has 4 rings (SSSR count). The maximum Gasteiger partial charge on any atom is 0.271 e. The number of H-pyrrole nitrogens is 1. The van der Waals surface area contributed by atoms with Gasteiger partial charge in [0.05, 0.1) is 17.7 Å². The first-order valence-electron chi connectivity index (χ1n) is 8.36. The zero-order chi connectivity index (χ0) is 18.6. The Morgan fingerprint density at radius 3 is 2.63 bits per heavy atom. The lowest BCUT2D eigenvalue weighted by atomic mass is 10.2. The van der Waals surface area contributed by atoms with Crippen LogP contribution in [-0.4, -0.2) is 21.8 Å². The fourth-order valence-electron chi connectivity index (χ4n) is 2.76. The molecule has 2 heterocycles. The number of thiazole rings is 1. The van der Waals surface area contributed by atoms with E-state index in [0.717, 1.165) is 21.5 Å². The van der Waals surface area contributed by atoms with Gasteiger partial charge in [-0.1, -0.05) is 48.5 Å². The molecule has 0 spiro atoms. The van der Waals surface area contributed by atoms with Crippen LogP contribution >= 0.6 is 11.3 Å². The van der Waals surface area contributed by atoms with Crippen molar-refractivity contribution in [3.63, 3.8) is 0 Å². The number of nitrogens with zero attached hydrogens (tertiary/aromatic N) is 1. The SMILES string of the molecule is O=C(Cc1csc(-c2ccccc2)n1)NNC(=O)c1c[nH]c2ccccc12. The second kappa shape index (κ2) is 7.43. The Balaban J connectivity index is 1.36. The van der Waals surface area contributed by atoms with Gasteiger partial charge in [-0.3, -0.25) is 20.4 Å². The van der Waals surface area contributed by atoms with Crippen LogP contribution in [0.3, 0.4) is 0 Å². The standard InChI is InChI=1S/C20H16N4O2S/c25-18(10-14-12-27-20(22-14)13-6-2-1-3-7-13)23-24-19(26)16-11-21-17-9-5-4-8-15(16)17/h1-9,11-12,21H,10H2,(H,23,25)(H,24,26). The van der Waals surface area contributed by atoms with E-state index in [1.54, 1.807) is 6.20 Å². The number of para-hydroxylation sites is 1. The first kappa shape index (κ1) is 17.0. The highest BCUT2D eigenvalue weighted by Gasteiger charge is 2.13. The van der Waals surface area contributed by atoms with E-state index >= 15 is 0 Å². The van der Waals surface area contributed by atoms with Crippen LogP contribution in [0, 0.1) is 0 Å². The fraction of sp³-hybridized carbons (Fsp3) is 0.0500. The molecule has 0 radical (unpaired) electrons. The van der Waals surface area contributed by atoms with Crippen molar-refractivity contribution in [2.75, 3.05) is 0 Å². The van der Waals surface area contributed by atoms with E-state index in [4.69, 9.17) is 0 Å². The lowest BCUT2D eigenvalue weighted by molar-refractivity contribution is -0.121. The normalized spacial score (nSPS) is 10.7. The first-order valence-corrected chi connectivity index (χ1v) is 9.24. The van der Waals surface area contributed by atoms with Gasteiger partial charge in [-0.25, -0.2) is 4.98 Å². The van der Waals surface area contributed by atoms with Gasteiger partial charge in [0, 0.05) is 28.0 Å². The molecule has 0 atom stereocenters. The summed E-state index contributed by atoms with van der Waals surface area (Å²) >= 11 is 1.49. The highest BCUT2D eigenvalue weighted by molar-refractivity contribution is 7.13. The van der Waals surface area contributed by atoms with Crippen molar-refractivity contribution < 1.29 is 9.59 Å². The van der Waals surface area contributed by atoms with E-state index in [9.17, 15) is 9.59 Å². The maximum absolute atomic E-state index is 12.3. The van der Waals surface area contributed by atoms with Crippen LogP contribution in [-0.2, 0) is 11.2 Å². The van der Waals surface area contributed by atoms with E-state index < -0.39 is 0 Å². The molecule has 0 unspecified atom stereocenters. The molecule has 2 aromatic heterocycles. The molecular formula is C20H16N4O2S. The number of nitrogens with one attached hydrogen (secondary N) is 3. The number of carbonyl (C=O) groups excluding carboxylic acids is 2. The van der Waals surface area contributed by atoms with Gasteiger partial charge in [-0.05, 0) is 6.07 Å². The van der Waals surface area contributed by atoms with Crippen molar-refractivity contribution in [2.45, 2.75) is 6.42 Å². The number of benzene rings is 2. The number of rotatable bonds is 4. The van der Waals surface area contributed by atoms with Crippen LogP contribution in [0.25, 0.3) is 21.5 Å². The molecule has 7 heteroatoms. The lowest BCUT2D eigenvalue weighted by Gasteiger charge is -2.06. The van der Waals surface area contributed by atoms with Gasteiger partial charge in [0.2, 0.25) is 5.91 Å². The quantitative estimate of drug-likeness (QED) is 0.478. The molecule has 0 aliphatic rings. The molecule has 6 nitrogen and oxygen atoms in total. The van der Waals surface area contributed by atoms with Gasteiger partial charge in [0.25, 0.3) is 5.91 Å². The molecule has 27 heavy (non-hydrogen) atoms. The number of hydrogen-bond acceptors (Lipinski definition) is 4. The monoisotopic (exact) mass is 376 g/mol. The molecule has 3 N–H and O–H groups in total. The van der Waals surface area contributed by atoms with E-state index in [1.807, 2.05) is 60.0 Å². The lowest BCUT2D eigenvalue weighted by Crippen LogP contribution is -2.42. The van der Waals surface area contributed by atoms with Crippen molar-refractivity contribution in [1.29, 1.82) is 0 Å². The largest absolute Gasteiger partial charge is 0.360 e. The predicted octanol–water partition coefficient (Wildman–Crippen LogP) is 3.30. The van der Waals surface area contributed by atoms with Crippen LogP contribution < -0.4 is 10.9 Å². The summed E-state index contributed by atoms with van der Waals surface area (Å²) in [5.41, 5.74) is 7.92. The Bertz CT molecular complexity index is 1100. The molecule has 2 amide bonds. The molecule has 0 saturated carbocycles.